The number of carbonyl (C=O) groups is 1. The van der Waals surface area contributed by atoms with Gasteiger partial charge in [0.15, 0.2) is 11.6 Å². The number of rotatable bonds is 5. The highest BCUT2D eigenvalue weighted by Crippen LogP contribution is 2.35. The van der Waals surface area contributed by atoms with Crippen LogP contribution in [-0.4, -0.2) is 5.91 Å². The maximum Gasteiger partial charge on any atom is 0.228 e. The van der Waals surface area contributed by atoms with E-state index in [2.05, 4.69) is 5.32 Å². The Kier molecular flexibility index (Phi) is 6.54. The molecule has 0 saturated heterocycles. The molecule has 1 N–H and O–H groups in total. The Morgan fingerprint density at radius 1 is 1.00 bits per heavy atom. The van der Waals surface area contributed by atoms with Crippen molar-refractivity contribution in [3.63, 3.8) is 0 Å². The summed E-state index contributed by atoms with van der Waals surface area (Å²) in [6.07, 6.45) is -0.285. The van der Waals surface area contributed by atoms with Crippen LogP contribution in [0.25, 0.3) is 0 Å². The zero-order chi connectivity index (χ0) is 21.7. The van der Waals surface area contributed by atoms with Crippen molar-refractivity contribution in [3.8, 4) is 23.6 Å². The van der Waals surface area contributed by atoms with Crippen molar-refractivity contribution in [2.45, 2.75) is 6.42 Å². The SMILES string of the molecule is N#Cc1cc(C#N)cc(Oc2c(Cl)ccc(CC(=O)Nc3ccccc3Cl)c2F)c1. The lowest BCUT2D eigenvalue weighted by atomic mass is 10.1. The molecule has 0 radical (unpaired) electrons. The van der Waals surface area contributed by atoms with Crippen molar-refractivity contribution in [3.05, 3.63) is 87.2 Å². The standard InChI is InChI=1S/C22H12Cl2FN3O2/c23-17-3-1-2-4-19(17)28-20(29)10-15-5-6-18(24)22(21(15)25)30-16-8-13(11-26)7-14(9-16)12-27/h1-9H,10H2,(H,28,29). The molecular formula is C22H12Cl2FN3O2. The molecule has 0 spiro atoms. The Balaban J connectivity index is 1.86. The van der Waals surface area contributed by atoms with Gasteiger partial charge in [-0.2, -0.15) is 10.5 Å². The Morgan fingerprint density at radius 2 is 1.67 bits per heavy atom. The lowest BCUT2D eigenvalue weighted by Crippen LogP contribution is -2.15. The second-order valence-electron chi connectivity index (χ2n) is 6.13. The second kappa shape index (κ2) is 9.28. The van der Waals surface area contributed by atoms with Gasteiger partial charge in [-0.25, -0.2) is 4.39 Å². The maximum atomic E-state index is 15.0. The summed E-state index contributed by atoms with van der Waals surface area (Å²) in [5, 5.41) is 21.1. The Hall–Kier alpha value is -3.58. The van der Waals surface area contributed by atoms with Gasteiger partial charge < -0.3 is 10.1 Å². The van der Waals surface area contributed by atoms with Crippen LogP contribution < -0.4 is 10.1 Å². The van der Waals surface area contributed by atoms with Crippen LogP contribution in [0, 0.1) is 28.5 Å². The number of ether oxygens (including phenoxy) is 1. The number of hydrogen-bond acceptors (Lipinski definition) is 4. The van der Waals surface area contributed by atoms with E-state index in [1.807, 2.05) is 12.1 Å². The van der Waals surface area contributed by atoms with Gasteiger partial charge in [0, 0.05) is 5.56 Å². The summed E-state index contributed by atoms with van der Waals surface area (Å²) in [6.45, 7) is 0. The summed E-state index contributed by atoms with van der Waals surface area (Å²) >= 11 is 12.1. The Morgan fingerprint density at radius 3 is 2.30 bits per heavy atom. The lowest BCUT2D eigenvalue weighted by Gasteiger charge is -2.13. The van der Waals surface area contributed by atoms with Crippen LogP contribution in [-0.2, 0) is 11.2 Å². The zero-order valence-electron chi connectivity index (χ0n) is 15.2. The van der Waals surface area contributed by atoms with Crippen LogP contribution in [0.2, 0.25) is 10.0 Å². The summed E-state index contributed by atoms with van der Waals surface area (Å²) in [5.74, 6) is -1.53. The summed E-state index contributed by atoms with van der Waals surface area (Å²) in [5.41, 5.74) is 0.815. The predicted molar refractivity (Wildman–Crippen MR) is 111 cm³/mol. The van der Waals surface area contributed by atoms with Crippen molar-refractivity contribution < 1.29 is 13.9 Å². The van der Waals surface area contributed by atoms with E-state index in [9.17, 15) is 4.79 Å². The number of para-hydroxylation sites is 1. The molecule has 8 heteroatoms. The molecule has 0 unspecified atom stereocenters. The first-order valence-electron chi connectivity index (χ1n) is 8.55. The fraction of sp³-hybridized carbons (Fsp3) is 0.0455. The average molecular weight is 440 g/mol. The first-order valence-corrected chi connectivity index (χ1v) is 9.31. The van der Waals surface area contributed by atoms with E-state index in [1.165, 1.54) is 30.3 Å². The van der Waals surface area contributed by atoms with E-state index >= 15 is 4.39 Å². The van der Waals surface area contributed by atoms with Gasteiger partial charge in [-0.05, 0) is 36.4 Å². The van der Waals surface area contributed by atoms with Crippen LogP contribution in [0.15, 0.2) is 54.6 Å². The predicted octanol–water partition coefficient (Wildman–Crippen LogP) is 5.85. The van der Waals surface area contributed by atoms with Crippen molar-refractivity contribution >= 4 is 34.8 Å². The van der Waals surface area contributed by atoms with Gasteiger partial charge >= 0.3 is 0 Å². The van der Waals surface area contributed by atoms with Crippen LogP contribution in [0.1, 0.15) is 16.7 Å². The van der Waals surface area contributed by atoms with Gasteiger partial charge in [0.05, 0.1) is 45.4 Å². The largest absolute Gasteiger partial charge is 0.453 e. The number of anilines is 1. The molecule has 3 rings (SSSR count). The normalized spacial score (nSPS) is 10.0. The van der Waals surface area contributed by atoms with E-state index in [0.717, 1.165) is 0 Å². The number of nitrogens with one attached hydrogen (secondary N) is 1. The van der Waals surface area contributed by atoms with Crippen LogP contribution in [0.5, 0.6) is 11.5 Å². The van der Waals surface area contributed by atoms with E-state index in [1.54, 1.807) is 24.3 Å². The van der Waals surface area contributed by atoms with Crippen LogP contribution in [0.3, 0.4) is 0 Å². The second-order valence-corrected chi connectivity index (χ2v) is 6.94. The molecular weight excluding hydrogens is 428 g/mol. The average Bonchev–Trinajstić information content (AvgIpc) is 2.74. The molecule has 3 aromatic rings. The minimum absolute atomic E-state index is 0.0244. The van der Waals surface area contributed by atoms with E-state index < -0.39 is 11.7 Å². The van der Waals surface area contributed by atoms with E-state index in [4.69, 9.17) is 38.5 Å². The molecule has 5 nitrogen and oxygen atoms in total. The highest BCUT2D eigenvalue weighted by Gasteiger charge is 2.18. The number of hydrogen-bond donors (Lipinski definition) is 1. The monoisotopic (exact) mass is 439 g/mol. The summed E-state index contributed by atoms with van der Waals surface area (Å²) < 4.78 is 20.5. The fourth-order valence-corrected chi connectivity index (χ4v) is 3.01. The first kappa shape index (κ1) is 21.1. The topological polar surface area (TPSA) is 85.9 Å². The number of nitrogens with zero attached hydrogens (tertiary/aromatic N) is 2. The minimum atomic E-state index is -0.822. The smallest absolute Gasteiger partial charge is 0.228 e. The minimum Gasteiger partial charge on any atom is -0.453 e. The highest BCUT2D eigenvalue weighted by atomic mass is 35.5. The number of amides is 1. The van der Waals surface area contributed by atoms with Gasteiger partial charge in [-0.15, -0.1) is 0 Å². The van der Waals surface area contributed by atoms with Crippen molar-refractivity contribution in [1.82, 2.24) is 0 Å². The van der Waals surface area contributed by atoms with Crippen molar-refractivity contribution in [2.24, 2.45) is 0 Å². The molecule has 148 valence electrons. The molecule has 0 aliphatic rings. The lowest BCUT2D eigenvalue weighted by molar-refractivity contribution is -0.115. The highest BCUT2D eigenvalue weighted by molar-refractivity contribution is 6.33. The first-order chi connectivity index (χ1) is 14.4. The van der Waals surface area contributed by atoms with Crippen LogP contribution >= 0.6 is 23.2 Å². The van der Waals surface area contributed by atoms with Crippen molar-refractivity contribution in [1.29, 1.82) is 10.5 Å². The number of carbonyl (C=O) groups excluding carboxylic acids is 1. The third kappa shape index (κ3) is 4.87. The quantitative estimate of drug-likeness (QED) is 0.539. The summed E-state index contributed by atoms with van der Waals surface area (Å²) in [6, 6.07) is 17.3. The fourth-order valence-electron chi connectivity index (χ4n) is 2.64. The molecule has 1 amide bonds. The van der Waals surface area contributed by atoms with Crippen molar-refractivity contribution in [2.75, 3.05) is 5.32 Å². The molecule has 0 aromatic heterocycles. The molecule has 30 heavy (non-hydrogen) atoms. The Labute approximate surface area is 181 Å². The Bertz CT molecular complexity index is 1180. The van der Waals surface area contributed by atoms with Gasteiger partial charge in [-0.1, -0.05) is 41.4 Å². The van der Waals surface area contributed by atoms with Gasteiger partial charge in [0.25, 0.3) is 0 Å². The molecule has 0 fully saturated rings. The van der Waals surface area contributed by atoms with Gasteiger partial charge in [0.1, 0.15) is 5.75 Å². The molecule has 3 aromatic carbocycles. The molecule has 0 atom stereocenters. The number of nitriles is 2. The van der Waals surface area contributed by atoms with Gasteiger partial charge in [-0.3, -0.25) is 4.79 Å². The molecule has 0 aliphatic carbocycles. The number of halogens is 3. The van der Waals surface area contributed by atoms with E-state index in [-0.39, 0.29) is 39.6 Å². The third-order valence-electron chi connectivity index (χ3n) is 4.01. The van der Waals surface area contributed by atoms with Crippen LogP contribution in [0.4, 0.5) is 10.1 Å². The maximum absolute atomic E-state index is 15.0. The molecule has 0 bridgehead atoms. The molecule has 0 aliphatic heterocycles. The zero-order valence-corrected chi connectivity index (χ0v) is 16.8. The molecule has 0 heterocycles. The molecule has 0 saturated carbocycles. The summed E-state index contributed by atoms with van der Waals surface area (Å²) in [7, 11) is 0. The summed E-state index contributed by atoms with van der Waals surface area (Å²) in [4.78, 5) is 12.3. The number of benzene rings is 3. The van der Waals surface area contributed by atoms with E-state index in [0.29, 0.717) is 10.7 Å². The third-order valence-corrected chi connectivity index (χ3v) is 4.64. The van der Waals surface area contributed by atoms with Gasteiger partial charge in [0.2, 0.25) is 5.91 Å².